The number of ether oxygens (including phenoxy) is 2. The minimum atomic E-state index is 0.0443. The van der Waals surface area contributed by atoms with Gasteiger partial charge in [-0.1, -0.05) is 13.3 Å². The SMILES string of the molecule is CCCCOC(C)CCCCOC(C)CCCC[O]. The van der Waals surface area contributed by atoms with Gasteiger partial charge in [-0.2, -0.15) is 0 Å². The van der Waals surface area contributed by atoms with E-state index >= 15 is 0 Å². The number of hydrogen-bond donors (Lipinski definition) is 0. The highest BCUT2D eigenvalue weighted by atomic mass is 16.5. The molecule has 3 heteroatoms. The molecule has 0 aliphatic heterocycles. The van der Waals surface area contributed by atoms with E-state index in [0.29, 0.717) is 12.2 Å². The van der Waals surface area contributed by atoms with Crippen LogP contribution in [0.3, 0.4) is 0 Å². The maximum absolute atomic E-state index is 10.3. The third kappa shape index (κ3) is 14.1. The lowest BCUT2D eigenvalue weighted by atomic mass is 10.1. The Morgan fingerprint density at radius 1 is 0.789 bits per heavy atom. The van der Waals surface area contributed by atoms with Crippen molar-refractivity contribution in [3.8, 4) is 0 Å². The Bertz CT molecular complexity index is 155. The summed E-state index contributed by atoms with van der Waals surface area (Å²) in [6.45, 7) is 8.21. The van der Waals surface area contributed by atoms with Crippen LogP contribution in [0.2, 0.25) is 0 Å². The number of hydrogen-bond acceptors (Lipinski definition) is 2. The predicted octanol–water partition coefficient (Wildman–Crippen LogP) is 4.37. The van der Waals surface area contributed by atoms with Crippen molar-refractivity contribution in [1.82, 2.24) is 0 Å². The summed E-state index contributed by atoms with van der Waals surface area (Å²) in [4.78, 5) is 0. The van der Waals surface area contributed by atoms with Crippen molar-refractivity contribution in [3.05, 3.63) is 0 Å². The summed E-state index contributed by atoms with van der Waals surface area (Å²) in [5, 5.41) is 10.3. The van der Waals surface area contributed by atoms with Crippen LogP contribution in [-0.2, 0) is 14.6 Å². The van der Waals surface area contributed by atoms with Gasteiger partial charge in [-0.3, -0.25) is 0 Å². The second-order valence-electron chi connectivity index (χ2n) is 5.41. The molecule has 19 heavy (non-hydrogen) atoms. The van der Waals surface area contributed by atoms with E-state index in [2.05, 4.69) is 20.8 Å². The van der Waals surface area contributed by atoms with Gasteiger partial charge in [0.1, 0.15) is 0 Å². The Labute approximate surface area is 119 Å². The molecule has 0 aliphatic rings. The lowest BCUT2D eigenvalue weighted by molar-refractivity contribution is 0.0415. The smallest absolute Gasteiger partial charge is 0.0822 e. The molecule has 0 bridgehead atoms. The molecule has 0 aromatic carbocycles. The molecule has 0 amide bonds. The van der Waals surface area contributed by atoms with Crippen molar-refractivity contribution < 1.29 is 14.6 Å². The van der Waals surface area contributed by atoms with Crippen molar-refractivity contribution >= 4 is 0 Å². The van der Waals surface area contributed by atoms with Crippen LogP contribution >= 0.6 is 0 Å². The molecule has 0 spiro atoms. The van der Waals surface area contributed by atoms with Gasteiger partial charge >= 0.3 is 0 Å². The van der Waals surface area contributed by atoms with Crippen LogP contribution in [0.1, 0.15) is 72.1 Å². The Morgan fingerprint density at radius 2 is 1.32 bits per heavy atom. The molecule has 0 aromatic heterocycles. The third-order valence-corrected chi connectivity index (χ3v) is 3.31. The maximum Gasteiger partial charge on any atom is 0.0822 e. The Kier molecular flexibility index (Phi) is 14.2. The first kappa shape index (κ1) is 18.9. The van der Waals surface area contributed by atoms with E-state index < -0.39 is 0 Å². The zero-order valence-corrected chi connectivity index (χ0v) is 13.2. The Morgan fingerprint density at radius 3 is 1.84 bits per heavy atom. The van der Waals surface area contributed by atoms with Gasteiger partial charge in [-0.15, -0.1) is 0 Å². The summed E-state index contributed by atoms with van der Waals surface area (Å²) in [5.74, 6) is 0. The van der Waals surface area contributed by atoms with Crippen LogP contribution in [0, 0.1) is 0 Å². The Hall–Kier alpha value is -0.120. The normalized spacial score (nSPS) is 14.5. The van der Waals surface area contributed by atoms with Gasteiger partial charge in [0, 0.05) is 13.2 Å². The van der Waals surface area contributed by atoms with Gasteiger partial charge in [0.05, 0.1) is 18.8 Å². The van der Waals surface area contributed by atoms with E-state index in [1.54, 1.807) is 0 Å². The first-order chi connectivity index (χ1) is 9.20. The van der Waals surface area contributed by atoms with Crippen LogP contribution in [0.25, 0.3) is 0 Å². The first-order valence-corrected chi connectivity index (χ1v) is 8.02. The summed E-state index contributed by atoms with van der Waals surface area (Å²) in [7, 11) is 0. The summed E-state index contributed by atoms with van der Waals surface area (Å²) in [6.07, 6.45) is 9.21. The molecular weight excluding hydrogens is 240 g/mol. The van der Waals surface area contributed by atoms with Crippen molar-refractivity contribution in [2.45, 2.75) is 84.3 Å². The molecule has 0 saturated carbocycles. The lowest BCUT2D eigenvalue weighted by Gasteiger charge is -2.14. The average molecular weight is 273 g/mol. The van der Waals surface area contributed by atoms with Crippen molar-refractivity contribution in [2.75, 3.05) is 19.8 Å². The molecule has 115 valence electrons. The minimum Gasteiger partial charge on any atom is -0.379 e. The summed E-state index contributed by atoms with van der Waals surface area (Å²) in [5.41, 5.74) is 0. The summed E-state index contributed by atoms with van der Waals surface area (Å²) >= 11 is 0. The monoisotopic (exact) mass is 273 g/mol. The third-order valence-electron chi connectivity index (χ3n) is 3.31. The molecule has 0 N–H and O–H groups in total. The molecule has 2 atom stereocenters. The molecule has 0 rings (SSSR count). The van der Waals surface area contributed by atoms with Gasteiger partial charge in [-0.25, -0.2) is 5.11 Å². The number of rotatable bonds is 14. The highest BCUT2D eigenvalue weighted by Gasteiger charge is 2.04. The van der Waals surface area contributed by atoms with Crippen LogP contribution in [0.5, 0.6) is 0 Å². The van der Waals surface area contributed by atoms with Crippen LogP contribution in [0.4, 0.5) is 0 Å². The average Bonchev–Trinajstić information content (AvgIpc) is 2.39. The molecule has 0 fully saturated rings. The topological polar surface area (TPSA) is 38.4 Å². The lowest BCUT2D eigenvalue weighted by Crippen LogP contribution is -2.11. The minimum absolute atomic E-state index is 0.0443. The predicted molar refractivity (Wildman–Crippen MR) is 79.0 cm³/mol. The molecule has 0 saturated heterocycles. The van der Waals surface area contributed by atoms with Gasteiger partial charge in [0.15, 0.2) is 0 Å². The second-order valence-corrected chi connectivity index (χ2v) is 5.41. The fraction of sp³-hybridized carbons (Fsp3) is 1.00. The summed E-state index contributed by atoms with van der Waals surface area (Å²) in [6, 6.07) is 0. The number of unbranched alkanes of at least 4 members (excludes halogenated alkanes) is 3. The zero-order valence-electron chi connectivity index (χ0n) is 13.2. The van der Waals surface area contributed by atoms with E-state index in [0.717, 1.165) is 51.7 Å². The highest BCUT2D eigenvalue weighted by Crippen LogP contribution is 2.08. The van der Waals surface area contributed by atoms with E-state index in [9.17, 15) is 5.11 Å². The van der Waals surface area contributed by atoms with E-state index in [1.807, 2.05) is 0 Å². The van der Waals surface area contributed by atoms with E-state index in [4.69, 9.17) is 9.47 Å². The van der Waals surface area contributed by atoms with Gasteiger partial charge in [-0.05, 0) is 58.8 Å². The van der Waals surface area contributed by atoms with Crippen LogP contribution in [-0.4, -0.2) is 32.0 Å². The molecule has 0 heterocycles. The largest absolute Gasteiger partial charge is 0.379 e. The Balaban J connectivity index is 3.24. The molecule has 1 radical (unpaired) electrons. The van der Waals surface area contributed by atoms with Gasteiger partial charge < -0.3 is 9.47 Å². The second kappa shape index (κ2) is 14.3. The van der Waals surface area contributed by atoms with Gasteiger partial charge in [0.2, 0.25) is 0 Å². The zero-order chi connectivity index (χ0) is 14.3. The van der Waals surface area contributed by atoms with Crippen molar-refractivity contribution in [2.24, 2.45) is 0 Å². The molecule has 0 aliphatic carbocycles. The van der Waals surface area contributed by atoms with E-state index in [1.165, 1.54) is 12.8 Å². The van der Waals surface area contributed by atoms with Crippen molar-refractivity contribution in [1.29, 1.82) is 0 Å². The maximum atomic E-state index is 10.3. The van der Waals surface area contributed by atoms with Crippen LogP contribution in [0.15, 0.2) is 0 Å². The molecule has 2 unspecified atom stereocenters. The van der Waals surface area contributed by atoms with Crippen LogP contribution < -0.4 is 0 Å². The summed E-state index contributed by atoms with van der Waals surface area (Å²) < 4.78 is 11.4. The first-order valence-electron chi connectivity index (χ1n) is 8.02. The fourth-order valence-corrected chi connectivity index (χ4v) is 1.95. The fourth-order valence-electron chi connectivity index (χ4n) is 1.95. The van der Waals surface area contributed by atoms with Gasteiger partial charge in [0.25, 0.3) is 0 Å². The highest BCUT2D eigenvalue weighted by molar-refractivity contribution is 4.54. The molecule has 0 aromatic rings. The van der Waals surface area contributed by atoms with Crippen molar-refractivity contribution in [3.63, 3.8) is 0 Å². The molecular formula is C16H33O3. The molecule has 3 nitrogen and oxygen atoms in total. The quantitative estimate of drug-likeness (QED) is 0.441. The van der Waals surface area contributed by atoms with E-state index in [-0.39, 0.29) is 6.61 Å². The standard InChI is InChI=1S/C16H33O3/c1-4-5-13-18-16(3)11-7-9-14-19-15(2)10-6-8-12-17/h15-16H,4-14H2,1-3H3.